The second-order valence-corrected chi connectivity index (χ2v) is 7.48. The van der Waals surface area contributed by atoms with Crippen molar-refractivity contribution in [3.8, 4) is 5.69 Å². The minimum Gasteiger partial charge on any atom is -0.335 e. The third-order valence-corrected chi connectivity index (χ3v) is 5.26. The van der Waals surface area contributed by atoms with E-state index in [9.17, 15) is 4.79 Å². The summed E-state index contributed by atoms with van der Waals surface area (Å²) in [5, 5.41) is 4.56. The summed E-state index contributed by atoms with van der Waals surface area (Å²) in [6, 6.07) is 20.4. The largest absolute Gasteiger partial charge is 0.335 e. The van der Waals surface area contributed by atoms with Crippen LogP contribution in [0.3, 0.4) is 0 Å². The van der Waals surface area contributed by atoms with Crippen LogP contribution < -0.4 is 0 Å². The van der Waals surface area contributed by atoms with Crippen LogP contribution >= 0.6 is 0 Å². The molecule has 1 amide bonds. The molecule has 1 saturated heterocycles. The average molecular weight is 374 g/mol. The molecule has 1 aromatic heterocycles. The van der Waals surface area contributed by atoms with Gasteiger partial charge in [-0.25, -0.2) is 4.68 Å². The first-order chi connectivity index (χ1) is 13.6. The lowest BCUT2D eigenvalue weighted by Gasteiger charge is -2.34. The summed E-state index contributed by atoms with van der Waals surface area (Å²) in [6.07, 6.45) is 0. The minimum atomic E-state index is 0.0213. The molecule has 2 aromatic carbocycles. The summed E-state index contributed by atoms with van der Waals surface area (Å²) >= 11 is 0. The lowest BCUT2D eigenvalue weighted by Crippen LogP contribution is -2.48. The second-order valence-electron chi connectivity index (χ2n) is 7.48. The van der Waals surface area contributed by atoms with Crippen LogP contribution in [0.2, 0.25) is 0 Å². The zero-order valence-corrected chi connectivity index (χ0v) is 16.5. The Hall–Kier alpha value is -2.92. The number of nitrogens with zero attached hydrogens (tertiary/aromatic N) is 4. The zero-order valence-electron chi connectivity index (χ0n) is 16.5. The second kappa shape index (κ2) is 7.98. The molecule has 5 heteroatoms. The van der Waals surface area contributed by atoms with E-state index in [4.69, 9.17) is 0 Å². The number of piperazine rings is 1. The number of carbonyl (C=O) groups is 1. The van der Waals surface area contributed by atoms with E-state index in [0.717, 1.165) is 44.1 Å². The zero-order chi connectivity index (χ0) is 19.5. The van der Waals surface area contributed by atoms with Crippen LogP contribution in [0.5, 0.6) is 0 Å². The number of aromatic nitrogens is 2. The number of hydrogen-bond acceptors (Lipinski definition) is 3. The highest BCUT2D eigenvalue weighted by Crippen LogP contribution is 2.15. The molecule has 1 aliphatic heterocycles. The number of carbonyl (C=O) groups excluding carboxylic acids is 1. The van der Waals surface area contributed by atoms with E-state index in [1.54, 1.807) is 0 Å². The van der Waals surface area contributed by atoms with Crippen LogP contribution in [0.15, 0.2) is 60.7 Å². The molecule has 0 aliphatic carbocycles. The molecule has 0 radical (unpaired) electrons. The predicted molar refractivity (Wildman–Crippen MR) is 111 cm³/mol. The lowest BCUT2D eigenvalue weighted by molar-refractivity contribution is 0.0622. The number of aryl methyl sites for hydroxylation is 2. The van der Waals surface area contributed by atoms with Gasteiger partial charge in [0.05, 0.1) is 5.69 Å². The first kappa shape index (κ1) is 18.4. The Bertz CT molecular complexity index is 956. The summed E-state index contributed by atoms with van der Waals surface area (Å²) in [6.45, 7) is 8.29. The van der Waals surface area contributed by atoms with E-state index in [0.29, 0.717) is 5.69 Å². The van der Waals surface area contributed by atoms with Crippen LogP contribution in [-0.4, -0.2) is 51.7 Å². The molecule has 0 unspecified atom stereocenters. The monoisotopic (exact) mass is 374 g/mol. The van der Waals surface area contributed by atoms with E-state index >= 15 is 0 Å². The summed E-state index contributed by atoms with van der Waals surface area (Å²) < 4.78 is 1.83. The molecular weight excluding hydrogens is 348 g/mol. The predicted octanol–water partition coefficient (Wildman–Crippen LogP) is 3.45. The Morgan fingerprint density at radius 1 is 0.929 bits per heavy atom. The van der Waals surface area contributed by atoms with E-state index in [1.165, 1.54) is 11.1 Å². The van der Waals surface area contributed by atoms with E-state index in [-0.39, 0.29) is 5.91 Å². The SMILES string of the molecule is Cc1cccc(CN2CCN(C(=O)c3cc(C)n(-c4ccccc4)n3)CC2)c1. The van der Waals surface area contributed by atoms with Crippen molar-refractivity contribution in [3.05, 3.63) is 83.2 Å². The van der Waals surface area contributed by atoms with Crippen LogP contribution in [0.1, 0.15) is 27.3 Å². The van der Waals surface area contributed by atoms with Gasteiger partial charge in [0.25, 0.3) is 5.91 Å². The Morgan fingerprint density at radius 3 is 2.39 bits per heavy atom. The van der Waals surface area contributed by atoms with Gasteiger partial charge in [0, 0.05) is 38.4 Å². The van der Waals surface area contributed by atoms with Gasteiger partial charge in [-0.1, -0.05) is 48.0 Å². The fourth-order valence-corrected chi connectivity index (χ4v) is 3.75. The average Bonchev–Trinajstić information content (AvgIpc) is 3.10. The summed E-state index contributed by atoms with van der Waals surface area (Å²) in [5.74, 6) is 0.0213. The number of rotatable bonds is 4. The highest BCUT2D eigenvalue weighted by Gasteiger charge is 2.24. The molecular formula is C23H26N4O. The Morgan fingerprint density at radius 2 is 1.68 bits per heavy atom. The number of amides is 1. The van der Waals surface area contributed by atoms with E-state index < -0.39 is 0 Å². The number of benzene rings is 2. The maximum atomic E-state index is 12.9. The normalized spacial score (nSPS) is 15.0. The molecule has 144 valence electrons. The van der Waals surface area contributed by atoms with Crippen molar-refractivity contribution < 1.29 is 4.79 Å². The maximum absolute atomic E-state index is 12.9. The standard InChI is InChI=1S/C23H26N4O/c1-18-7-6-8-20(15-18)17-25-11-13-26(14-12-25)23(28)22-16-19(2)27(24-22)21-9-4-3-5-10-21/h3-10,15-16H,11-14,17H2,1-2H3. The number of para-hydroxylation sites is 1. The molecule has 0 atom stereocenters. The smallest absolute Gasteiger partial charge is 0.274 e. The Labute approximate surface area is 166 Å². The molecule has 0 saturated carbocycles. The lowest BCUT2D eigenvalue weighted by atomic mass is 10.1. The van der Waals surface area contributed by atoms with Crippen molar-refractivity contribution in [1.82, 2.24) is 19.6 Å². The summed E-state index contributed by atoms with van der Waals surface area (Å²) in [4.78, 5) is 17.3. The van der Waals surface area contributed by atoms with E-state index in [1.807, 2.05) is 52.9 Å². The van der Waals surface area contributed by atoms with Crippen LogP contribution in [-0.2, 0) is 6.54 Å². The molecule has 0 spiro atoms. The van der Waals surface area contributed by atoms with Gasteiger partial charge in [0.1, 0.15) is 0 Å². The minimum absolute atomic E-state index is 0.0213. The molecule has 2 heterocycles. The molecule has 1 fully saturated rings. The molecule has 5 nitrogen and oxygen atoms in total. The van der Waals surface area contributed by atoms with Gasteiger partial charge < -0.3 is 4.90 Å². The molecule has 0 N–H and O–H groups in total. The highest BCUT2D eigenvalue weighted by molar-refractivity contribution is 5.92. The highest BCUT2D eigenvalue weighted by atomic mass is 16.2. The Kier molecular flexibility index (Phi) is 5.26. The van der Waals surface area contributed by atoms with E-state index in [2.05, 4.69) is 41.2 Å². The first-order valence-corrected chi connectivity index (χ1v) is 9.79. The quantitative estimate of drug-likeness (QED) is 0.702. The van der Waals surface area contributed by atoms with Crippen molar-refractivity contribution in [1.29, 1.82) is 0 Å². The van der Waals surface area contributed by atoms with Crippen molar-refractivity contribution in [3.63, 3.8) is 0 Å². The van der Waals surface area contributed by atoms with Crippen molar-refractivity contribution in [2.75, 3.05) is 26.2 Å². The summed E-state index contributed by atoms with van der Waals surface area (Å²) in [7, 11) is 0. The first-order valence-electron chi connectivity index (χ1n) is 9.79. The van der Waals surface area contributed by atoms with Gasteiger partial charge >= 0.3 is 0 Å². The third kappa shape index (κ3) is 3.99. The van der Waals surface area contributed by atoms with Crippen molar-refractivity contribution >= 4 is 5.91 Å². The van der Waals surface area contributed by atoms with Crippen molar-refractivity contribution in [2.24, 2.45) is 0 Å². The van der Waals surface area contributed by atoms with Gasteiger partial charge in [-0.05, 0) is 37.6 Å². The van der Waals surface area contributed by atoms with Gasteiger partial charge in [0.15, 0.2) is 5.69 Å². The van der Waals surface area contributed by atoms with Crippen LogP contribution in [0.4, 0.5) is 0 Å². The molecule has 4 rings (SSSR count). The fraction of sp³-hybridized carbons (Fsp3) is 0.304. The molecule has 3 aromatic rings. The molecule has 0 bridgehead atoms. The maximum Gasteiger partial charge on any atom is 0.274 e. The Balaban J connectivity index is 1.39. The topological polar surface area (TPSA) is 41.4 Å². The third-order valence-electron chi connectivity index (χ3n) is 5.26. The van der Waals surface area contributed by atoms with Gasteiger partial charge in [-0.3, -0.25) is 9.69 Å². The number of hydrogen-bond donors (Lipinski definition) is 0. The summed E-state index contributed by atoms with van der Waals surface area (Å²) in [5.41, 5.74) is 5.08. The van der Waals surface area contributed by atoms with Crippen molar-refractivity contribution in [2.45, 2.75) is 20.4 Å². The van der Waals surface area contributed by atoms with Gasteiger partial charge in [-0.2, -0.15) is 5.10 Å². The fourth-order valence-electron chi connectivity index (χ4n) is 3.75. The molecule has 28 heavy (non-hydrogen) atoms. The van der Waals surface area contributed by atoms with Crippen LogP contribution in [0, 0.1) is 13.8 Å². The molecule has 1 aliphatic rings. The van der Waals surface area contributed by atoms with Crippen LogP contribution in [0.25, 0.3) is 5.69 Å². The van der Waals surface area contributed by atoms with Gasteiger partial charge in [0.2, 0.25) is 0 Å². The van der Waals surface area contributed by atoms with Gasteiger partial charge in [-0.15, -0.1) is 0 Å².